The zero-order chi connectivity index (χ0) is 22.2. The Morgan fingerprint density at radius 2 is 1.55 bits per heavy atom. The van der Waals surface area contributed by atoms with Crippen LogP contribution in [0, 0.1) is 0 Å². The highest BCUT2D eigenvalue weighted by Gasteiger charge is 2.37. The van der Waals surface area contributed by atoms with Crippen LogP contribution in [0.4, 0.5) is 23.7 Å². The Balaban J connectivity index is 1.75. The van der Waals surface area contributed by atoms with Crippen LogP contribution in [0.5, 0.6) is 0 Å². The van der Waals surface area contributed by atoms with Gasteiger partial charge in [-0.1, -0.05) is 24.3 Å². The van der Waals surface area contributed by atoms with Crippen LogP contribution in [-0.4, -0.2) is 22.4 Å². The van der Waals surface area contributed by atoms with Gasteiger partial charge in [-0.2, -0.15) is 13.2 Å². The quantitative estimate of drug-likeness (QED) is 0.506. The molecule has 156 valence electrons. The van der Waals surface area contributed by atoms with Crippen LogP contribution in [0.1, 0.15) is 11.3 Å². The number of nitrogens with zero attached hydrogens (tertiary/aromatic N) is 2. The van der Waals surface area contributed by atoms with E-state index in [9.17, 15) is 27.6 Å². The van der Waals surface area contributed by atoms with Gasteiger partial charge in [0, 0.05) is 17.6 Å². The maximum atomic E-state index is 13.1. The molecule has 31 heavy (non-hydrogen) atoms. The number of nitrogens with one attached hydrogen (secondary N) is 1. The molecule has 0 atom stereocenters. The van der Waals surface area contributed by atoms with E-state index in [0.717, 1.165) is 17.0 Å². The molecule has 4 amide bonds. The molecule has 0 radical (unpaired) electrons. The Labute approximate surface area is 174 Å². The lowest BCUT2D eigenvalue weighted by Gasteiger charge is -2.26. The van der Waals surface area contributed by atoms with Crippen molar-refractivity contribution in [2.75, 3.05) is 4.90 Å². The monoisotopic (exact) mass is 425 g/mol. The van der Waals surface area contributed by atoms with Gasteiger partial charge in [-0.15, -0.1) is 0 Å². The molecule has 9 heteroatoms. The van der Waals surface area contributed by atoms with Gasteiger partial charge in [0.05, 0.1) is 11.3 Å². The highest BCUT2D eigenvalue weighted by atomic mass is 19.4. The molecule has 2 aromatic carbocycles. The maximum absolute atomic E-state index is 13.1. The summed E-state index contributed by atoms with van der Waals surface area (Å²) < 4.78 is 40.6. The normalized spacial score (nSPS) is 16.0. The van der Waals surface area contributed by atoms with Crippen molar-refractivity contribution in [3.63, 3.8) is 0 Å². The molecule has 1 fully saturated rings. The highest BCUT2D eigenvalue weighted by molar-refractivity contribution is 6.39. The Kier molecular flexibility index (Phi) is 4.94. The van der Waals surface area contributed by atoms with Crippen molar-refractivity contribution in [1.82, 2.24) is 9.88 Å². The van der Waals surface area contributed by atoms with Crippen LogP contribution in [0.25, 0.3) is 11.8 Å². The second-order valence-corrected chi connectivity index (χ2v) is 6.64. The van der Waals surface area contributed by atoms with E-state index < -0.39 is 29.6 Å². The molecule has 0 saturated carbocycles. The van der Waals surface area contributed by atoms with E-state index in [1.807, 2.05) is 0 Å². The molecular weight excluding hydrogens is 411 g/mol. The van der Waals surface area contributed by atoms with Crippen LogP contribution < -0.4 is 10.2 Å². The van der Waals surface area contributed by atoms with Crippen LogP contribution in [0.15, 0.2) is 78.5 Å². The third-order valence-corrected chi connectivity index (χ3v) is 4.64. The predicted molar refractivity (Wildman–Crippen MR) is 106 cm³/mol. The molecule has 1 aliphatic heterocycles. The maximum Gasteiger partial charge on any atom is 0.416 e. The van der Waals surface area contributed by atoms with Gasteiger partial charge >= 0.3 is 12.2 Å². The van der Waals surface area contributed by atoms with Crippen LogP contribution in [0.2, 0.25) is 0 Å². The third kappa shape index (κ3) is 3.85. The fourth-order valence-electron chi connectivity index (χ4n) is 3.20. The molecule has 2 heterocycles. The predicted octanol–water partition coefficient (Wildman–Crippen LogP) is 4.16. The topological polar surface area (TPSA) is 71.4 Å². The second kappa shape index (κ2) is 7.60. The molecule has 1 aliphatic rings. The van der Waals surface area contributed by atoms with Crippen LogP contribution in [-0.2, 0) is 15.8 Å². The molecular formula is C22H14F3N3O3. The van der Waals surface area contributed by atoms with Crippen LogP contribution in [0.3, 0.4) is 0 Å². The number of imide groups is 2. The largest absolute Gasteiger partial charge is 0.416 e. The summed E-state index contributed by atoms with van der Waals surface area (Å²) in [5.74, 6) is -1.73. The van der Waals surface area contributed by atoms with Gasteiger partial charge < -0.3 is 4.57 Å². The number of anilines is 1. The lowest BCUT2D eigenvalue weighted by atomic mass is 10.1. The molecule has 4 rings (SSSR count). The Hall–Kier alpha value is -4.14. The molecule has 1 N–H and O–H groups in total. The first-order valence-corrected chi connectivity index (χ1v) is 9.07. The fraction of sp³-hybridized carbons (Fsp3) is 0.0455. The number of halogens is 3. The summed E-state index contributed by atoms with van der Waals surface area (Å²) in [7, 11) is 0. The molecule has 0 spiro atoms. The van der Waals surface area contributed by atoms with E-state index in [1.165, 1.54) is 47.2 Å². The molecule has 0 unspecified atom stereocenters. The first-order chi connectivity index (χ1) is 14.8. The number of amides is 4. The third-order valence-electron chi connectivity index (χ3n) is 4.64. The standard InChI is InChI=1S/C22H14F3N3O3/c23-22(24,25)14-6-4-9-16(12-14)27-11-5-10-17(27)13-18-19(29)26-21(31)28(20(18)30)15-7-2-1-3-8-15/h1-13H,(H,26,29,31)/b18-13+. The van der Waals surface area contributed by atoms with Gasteiger partial charge in [0.15, 0.2) is 0 Å². The number of alkyl halides is 3. The van der Waals surface area contributed by atoms with Crippen molar-refractivity contribution in [3.8, 4) is 5.69 Å². The first kappa shape index (κ1) is 20.1. The van der Waals surface area contributed by atoms with Crippen molar-refractivity contribution in [2.45, 2.75) is 6.18 Å². The number of carbonyl (C=O) groups excluding carboxylic acids is 3. The number of rotatable bonds is 3. The minimum Gasteiger partial charge on any atom is -0.317 e. The average molecular weight is 425 g/mol. The van der Waals surface area contributed by atoms with E-state index in [4.69, 9.17) is 0 Å². The SMILES string of the molecule is O=C1NC(=O)N(c2ccccc2)C(=O)/C1=C/c1cccn1-c1cccc(C(F)(F)F)c1. The number of barbiturate groups is 1. The van der Waals surface area contributed by atoms with Gasteiger partial charge in [0.1, 0.15) is 5.57 Å². The van der Waals surface area contributed by atoms with Crippen LogP contribution >= 0.6 is 0 Å². The zero-order valence-electron chi connectivity index (χ0n) is 15.8. The van der Waals surface area contributed by atoms with Crippen molar-refractivity contribution in [1.29, 1.82) is 0 Å². The summed E-state index contributed by atoms with van der Waals surface area (Å²) in [6.45, 7) is 0. The number of hydrogen-bond acceptors (Lipinski definition) is 3. The van der Waals surface area contributed by atoms with E-state index in [1.54, 1.807) is 24.3 Å². The van der Waals surface area contributed by atoms with Crippen molar-refractivity contribution < 1.29 is 27.6 Å². The first-order valence-electron chi connectivity index (χ1n) is 9.07. The van der Waals surface area contributed by atoms with Gasteiger partial charge in [0.2, 0.25) is 0 Å². The van der Waals surface area contributed by atoms with E-state index in [2.05, 4.69) is 5.32 Å². The van der Waals surface area contributed by atoms with Gasteiger partial charge in [-0.25, -0.2) is 9.69 Å². The number of urea groups is 1. The molecule has 3 aromatic rings. The van der Waals surface area contributed by atoms with E-state index in [-0.39, 0.29) is 16.9 Å². The Morgan fingerprint density at radius 3 is 2.26 bits per heavy atom. The smallest absolute Gasteiger partial charge is 0.317 e. The summed E-state index contributed by atoms with van der Waals surface area (Å²) in [5, 5.41) is 2.11. The van der Waals surface area contributed by atoms with E-state index >= 15 is 0 Å². The molecule has 1 aromatic heterocycles. The summed E-state index contributed by atoms with van der Waals surface area (Å²) in [5.41, 5.74) is -0.386. The molecule has 0 aliphatic carbocycles. The summed E-state index contributed by atoms with van der Waals surface area (Å²) >= 11 is 0. The number of benzene rings is 2. The Morgan fingerprint density at radius 1 is 0.839 bits per heavy atom. The number of hydrogen-bond donors (Lipinski definition) is 1. The Bertz CT molecular complexity index is 1210. The van der Waals surface area contributed by atoms with E-state index in [0.29, 0.717) is 5.69 Å². The summed E-state index contributed by atoms with van der Waals surface area (Å²) in [6, 6.07) is 14.9. The van der Waals surface area contributed by atoms with Crippen molar-refractivity contribution in [3.05, 3.63) is 89.8 Å². The highest BCUT2D eigenvalue weighted by Crippen LogP contribution is 2.31. The molecule has 1 saturated heterocycles. The van der Waals surface area contributed by atoms with Gasteiger partial charge in [-0.3, -0.25) is 14.9 Å². The number of para-hydroxylation sites is 1. The molecule has 6 nitrogen and oxygen atoms in total. The summed E-state index contributed by atoms with van der Waals surface area (Å²) in [4.78, 5) is 38.3. The number of carbonyl (C=O) groups is 3. The summed E-state index contributed by atoms with van der Waals surface area (Å²) in [6.07, 6.45) is -1.77. The lowest BCUT2D eigenvalue weighted by Crippen LogP contribution is -2.54. The van der Waals surface area contributed by atoms with Gasteiger partial charge in [0.25, 0.3) is 11.8 Å². The number of aromatic nitrogens is 1. The minimum absolute atomic E-state index is 0.200. The minimum atomic E-state index is -4.52. The zero-order valence-corrected chi connectivity index (χ0v) is 15.8. The van der Waals surface area contributed by atoms with Crippen molar-refractivity contribution >= 4 is 29.6 Å². The fourth-order valence-corrected chi connectivity index (χ4v) is 3.20. The molecule has 0 bridgehead atoms. The average Bonchev–Trinajstić information content (AvgIpc) is 3.19. The van der Waals surface area contributed by atoms with Gasteiger partial charge in [-0.05, 0) is 48.5 Å². The van der Waals surface area contributed by atoms with Crippen molar-refractivity contribution in [2.24, 2.45) is 0 Å². The lowest BCUT2D eigenvalue weighted by molar-refractivity contribution is -0.137. The second-order valence-electron chi connectivity index (χ2n) is 6.64.